The highest BCUT2D eigenvalue weighted by Crippen LogP contribution is 2.03. The number of aromatic nitrogens is 3. The fourth-order valence-corrected chi connectivity index (χ4v) is 1.16. The number of aryl methyl sites for hydroxylation is 2. The topological polar surface area (TPSA) is 56.7 Å². The van der Waals surface area contributed by atoms with Gasteiger partial charge in [-0.15, -0.1) is 0 Å². The van der Waals surface area contributed by atoms with Crippen LogP contribution in [0, 0.1) is 19.8 Å². The molecule has 0 spiro atoms. The highest BCUT2D eigenvalue weighted by atomic mass is 32.1. The molecule has 1 heterocycles. The maximum absolute atomic E-state index is 5.51. The molecule has 0 saturated carbocycles. The summed E-state index contributed by atoms with van der Waals surface area (Å²) >= 11 is 4.88. The predicted octanol–water partition coefficient (Wildman–Crippen LogP) is 0.817. The van der Waals surface area contributed by atoms with Gasteiger partial charge in [-0.2, -0.15) is 5.10 Å². The van der Waals surface area contributed by atoms with E-state index in [1.54, 1.807) is 0 Å². The summed E-state index contributed by atoms with van der Waals surface area (Å²) in [6, 6.07) is 0. The van der Waals surface area contributed by atoms with Crippen LogP contribution in [-0.4, -0.2) is 19.8 Å². The normalized spacial score (nSPS) is 12.8. The standard InChI is InChI=1S/C8H14N4S/c1-5(8(9)13)4-12-7(3)10-6(2)11-12/h5H,4H2,1-3H3,(H2,9,13). The minimum atomic E-state index is 0.162. The molecule has 0 radical (unpaired) electrons. The van der Waals surface area contributed by atoms with E-state index in [4.69, 9.17) is 18.0 Å². The Morgan fingerprint density at radius 3 is 2.62 bits per heavy atom. The van der Waals surface area contributed by atoms with Gasteiger partial charge in [0.05, 0.1) is 11.5 Å². The van der Waals surface area contributed by atoms with Crippen molar-refractivity contribution in [2.45, 2.75) is 27.3 Å². The van der Waals surface area contributed by atoms with E-state index in [2.05, 4.69) is 10.1 Å². The molecule has 0 amide bonds. The van der Waals surface area contributed by atoms with E-state index in [-0.39, 0.29) is 5.92 Å². The van der Waals surface area contributed by atoms with Gasteiger partial charge >= 0.3 is 0 Å². The Bertz CT molecular complexity index is 318. The Hall–Kier alpha value is -0.970. The van der Waals surface area contributed by atoms with Crippen molar-refractivity contribution >= 4 is 17.2 Å². The lowest BCUT2D eigenvalue weighted by Gasteiger charge is -2.09. The quantitative estimate of drug-likeness (QED) is 0.730. The Morgan fingerprint density at radius 1 is 1.62 bits per heavy atom. The molecule has 13 heavy (non-hydrogen) atoms. The van der Waals surface area contributed by atoms with Gasteiger partial charge in [-0.25, -0.2) is 9.67 Å². The molecule has 5 heteroatoms. The van der Waals surface area contributed by atoms with Gasteiger partial charge in [0.2, 0.25) is 0 Å². The molecule has 1 aromatic rings. The van der Waals surface area contributed by atoms with Crippen LogP contribution >= 0.6 is 12.2 Å². The van der Waals surface area contributed by atoms with Crippen molar-refractivity contribution < 1.29 is 0 Å². The molecule has 0 aromatic carbocycles. The first-order chi connectivity index (χ1) is 6.00. The molecule has 4 nitrogen and oxygen atoms in total. The molecule has 0 aliphatic carbocycles. The van der Waals surface area contributed by atoms with E-state index in [1.807, 2.05) is 25.5 Å². The molecule has 1 atom stereocenters. The summed E-state index contributed by atoms with van der Waals surface area (Å²) in [6.07, 6.45) is 0. The summed E-state index contributed by atoms with van der Waals surface area (Å²) in [5.41, 5.74) is 5.51. The lowest BCUT2D eigenvalue weighted by Crippen LogP contribution is -2.23. The summed E-state index contributed by atoms with van der Waals surface area (Å²) in [5.74, 6) is 1.85. The highest BCUT2D eigenvalue weighted by molar-refractivity contribution is 7.80. The van der Waals surface area contributed by atoms with Gasteiger partial charge in [0.25, 0.3) is 0 Å². The van der Waals surface area contributed by atoms with Crippen LogP contribution in [0.25, 0.3) is 0 Å². The molecule has 2 N–H and O–H groups in total. The van der Waals surface area contributed by atoms with E-state index in [0.717, 1.165) is 11.6 Å². The lowest BCUT2D eigenvalue weighted by atomic mass is 10.2. The van der Waals surface area contributed by atoms with Gasteiger partial charge in [-0.3, -0.25) is 0 Å². The van der Waals surface area contributed by atoms with Crippen LogP contribution in [0.1, 0.15) is 18.6 Å². The first-order valence-corrected chi connectivity index (χ1v) is 4.59. The van der Waals surface area contributed by atoms with E-state index < -0.39 is 0 Å². The van der Waals surface area contributed by atoms with E-state index in [0.29, 0.717) is 11.5 Å². The number of rotatable bonds is 3. The van der Waals surface area contributed by atoms with Crippen molar-refractivity contribution in [1.29, 1.82) is 0 Å². The number of thiocarbonyl (C=S) groups is 1. The molecule has 0 fully saturated rings. The van der Waals surface area contributed by atoms with Gasteiger partial charge in [0, 0.05) is 5.92 Å². The molecule has 1 aromatic heterocycles. The molecule has 72 valence electrons. The number of hydrogen-bond donors (Lipinski definition) is 1. The van der Waals surface area contributed by atoms with E-state index in [1.165, 1.54) is 0 Å². The fourth-order valence-electron chi connectivity index (χ4n) is 1.08. The first-order valence-electron chi connectivity index (χ1n) is 4.18. The number of nitrogens with zero attached hydrogens (tertiary/aromatic N) is 3. The molecular weight excluding hydrogens is 184 g/mol. The predicted molar refractivity (Wildman–Crippen MR) is 55.4 cm³/mol. The highest BCUT2D eigenvalue weighted by Gasteiger charge is 2.09. The Balaban J connectivity index is 2.74. The van der Waals surface area contributed by atoms with Crippen molar-refractivity contribution in [2.24, 2.45) is 11.7 Å². The second-order valence-corrected chi connectivity index (χ2v) is 3.66. The maximum Gasteiger partial charge on any atom is 0.147 e. The largest absolute Gasteiger partial charge is 0.393 e. The van der Waals surface area contributed by atoms with Crippen molar-refractivity contribution in [2.75, 3.05) is 0 Å². The van der Waals surface area contributed by atoms with Crippen LogP contribution in [-0.2, 0) is 6.54 Å². The molecule has 1 unspecified atom stereocenters. The van der Waals surface area contributed by atoms with Crippen LogP contribution in [0.2, 0.25) is 0 Å². The Kier molecular flexibility index (Phi) is 2.98. The monoisotopic (exact) mass is 198 g/mol. The van der Waals surface area contributed by atoms with E-state index >= 15 is 0 Å². The third kappa shape index (κ3) is 2.48. The van der Waals surface area contributed by atoms with Crippen molar-refractivity contribution in [3.05, 3.63) is 11.6 Å². The first kappa shape index (κ1) is 10.1. The molecule has 0 bridgehead atoms. The minimum Gasteiger partial charge on any atom is -0.393 e. The molecule has 1 rings (SSSR count). The third-order valence-corrected chi connectivity index (χ3v) is 2.30. The molecule has 0 aliphatic rings. The van der Waals surface area contributed by atoms with Crippen LogP contribution in [0.3, 0.4) is 0 Å². The third-order valence-electron chi connectivity index (χ3n) is 1.90. The SMILES string of the molecule is Cc1nc(C)n(CC(C)C(N)=S)n1. The van der Waals surface area contributed by atoms with Crippen LogP contribution in [0.5, 0.6) is 0 Å². The zero-order valence-corrected chi connectivity index (χ0v) is 8.93. The summed E-state index contributed by atoms with van der Waals surface area (Å²) < 4.78 is 1.83. The molecule has 0 aliphatic heterocycles. The fraction of sp³-hybridized carbons (Fsp3) is 0.625. The second-order valence-electron chi connectivity index (χ2n) is 3.19. The zero-order valence-electron chi connectivity index (χ0n) is 8.11. The minimum absolute atomic E-state index is 0.162. The van der Waals surface area contributed by atoms with Gasteiger partial charge in [0.15, 0.2) is 0 Å². The average molecular weight is 198 g/mol. The summed E-state index contributed by atoms with van der Waals surface area (Å²) in [6.45, 7) is 6.49. The van der Waals surface area contributed by atoms with Crippen molar-refractivity contribution in [1.82, 2.24) is 14.8 Å². The lowest BCUT2D eigenvalue weighted by molar-refractivity contribution is 0.526. The van der Waals surface area contributed by atoms with Gasteiger partial charge in [-0.1, -0.05) is 19.1 Å². The van der Waals surface area contributed by atoms with Gasteiger partial charge in [-0.05, 0) is 13.8 Å². The van der Waals surface area contributed by atoms with Crippen LogP contribution in [0.15, 0.2) is 0 Å². The summed E-state index contributed by atoms with van der Waals surface area (Å²) in [4.78, 5) is 4.71. The van der Waals surface area contributed by atoms with Crippen molar-refractivity contribution in [3.63, 3.8) is 0 Å². The van der Waals surface area contributed by atoms with Crippen LogP contribution < -0.4 is 5.73 Å². The van der Waals surface area contributed by atoms with E-state index in [9.17, 15) is 0 Å². The summed E-state index contributed by atoms with van der Waals surface area (Å²) in [7, 11) is 0. The Morgan fingerprint density at radius 2 is 2.23 bits per heavy atom. The number of hydrogen-bond acceptors (Lipinski definition) is 3. The average Bonchev–Trinajstić information content (AvgIpc) is 2.30. The number of nitrogens with two attached hydrogens (primary N) is 1. The van der Waals surface area contributed by atoms with Crippen LogP contribution in [0.4, 0.5) is 0 Å². The van der Waals surface area contributed by atoms with Gasteiger partial charge in [0.1, 0.15) is 11.6 Å². The molecular formula is C8H14N4S. The van der Waals surface area contributed by atoms with Crippen molar-refractivity contribution in [3.8, 4) is 0 Å². The molecule has 0 saturated heterocycles. The maximum atomic E-state index is 5.51. The Labute approximate surface area is 83.1 Å². The summed E-state index contributed by atoms with van der Waals surface area (Å²) in [5, 5.41) is 4.22. The second kappa shape index (κ2) is 3.83. The zero-order chi connectivity index (χ0) is 10.0. The smallest absolute Gasteiger partial charge is 0.147 e. The van der Waals surface area contributed by atoms with Gasteiger partial charge < -0.3 is 5.73 Å².